The van der Waals surface area contributed by atoms with Gasteiger partial charge in [-0.15, -0.1) is 0 Å². The van der Waals surface area contributed by atoms with E-state index in [0.717, 1.165) is 29.0 Å². The van der Waals surface area contributed by atoms with Crippen LogP contribution in [-0.2, 0) is 11.2 Å². The van der Waals surface area contributed by atoms with E-state index in [1.54, 1.807) is 0 Å². The second-order valence-electron chi connectivity index (χ2n) is 6.21. The van der Waals surface area contributed by atoms with Crippen LogP contribution in [0.25, 0.3) is 0 Å². The van der Waals surface area contributed by atoms with Crippen molar-refractivity contribution in [1.29, 1.82) is 0 Å². The van der Waals surface area contributed by atoms with Gasteiger partial charge >= 0.3 is 6.03 Å². The second kappa shape index (κ2) is 9.05. The number of hydrogen-bond donors (Lipinski definition) is 3. The Kier molecular flexibility index (Phi) is 6.27. The zero-order valence-corrected chi connectivity index (χ0v) is 15.2. The Morgan fingerprint density at radius 3 is 2.56 bits per heavy atom. The highest BCUT2D eigenvalue weighted by Crippen LogP contribution is 2.30. The summed E-state index contributed by atoms with van der Waals surface area (Å²) in [4.78, 5) is 24.0. The molecule has 0 aliphatic carbocycles. The molecule has 1 atom stereocenters. The molecule has 7 nitrogen and oxygen atoms in total. The molecular formula is C20H24N3O4+. The molecule has 0 saturated heterocycles. The van der Waals surface area contributed by atoms with Gasteiger partial charge in [0.2, 0.25) is 0 Å². The van der Waals surface area contributed by atoms with Crippen LogP contribution in [0.1, 0.15) is 17.2 Å². The fourth-order valence-electron chi connectivity index (χ4n) is 2.97. The van der Waals surface area contributed by atoms with Crippen molar-refractivity contribution in [1.82, 2.24) is 10.6 Å². The van der Waals surface area contributed by atoms with Gasteiger partial charge in [-0.05, 0) is 17.7 Å². The Morgan fingerprint density at radius 2 is 1.81 bits per heavy atom. The summed E-state index contributed by atoms with van der Waals surface area (Å²) < 4.78 is 11.1. The van der Waals surface area contributed by atoms with Crippen LogP contribution in [0, 0.1) is 0 Å². The van der Waals surface area contributed by atoms with E-state index in [2.05, 4.69) is 10.6 Å². The van der Waals surface area contributed by atoms with Crippen molar-refractivity contribution in [3.63, 3.8) is 0 Å². The molecule has 1 aliphatic rings. The van der Waals surface area contributed by atoms with Gasteiger partial charge in [0.1, 0.15) is 13.2 Å². The maximum absolute atomic E-state index is 12.5. The number of imide groups is 1. The average Bonchev–Trinajstić information content (AvgIpc) is 2.71. The van der Waals surface area contributed by atoms with Gasteiger partial charge in [0.05, 0.1) is 6.54 Å². The zero-order chi connectivity index (χ0) is 19.1. The molecule has 4 N–H and O–H groups in total. The van der Waals surface area contributed by atoms with Crippen molar-refractivity contribution < 1.29 is 24.4 Å². The smallest absolute Gasteiger partial charge is 0.321 e. The Balaban J connectivity index is 1.64. The zero-order valence-electron chi connectivity index (χ0n) is 15.2. The van der Waals surface area contributed by atoms with Gasteiger partial charge in [-0.25, -0.2) is 4.79 Å². The third-order valence-corrected chi connectivity index (χ3v) is 4.35. The van der Waals surface area contributed by atoms with Crippen molar-refractivity contribution in [2.24, 2.45) is 0 Å². The Labute approximate surface area is 158 Å². The van der Waals surface area contributed by atoms with E-state index in [1.165, 1.54) is 7.05 Å². The Hall–Kier alpha value is -3.06. The van der Waals surface area contributed by atoms with Crippen molar-refractivity contribution in [3.05, 3.63) is 59.7 Å². The van der Waals surface area contributed by atoms with E-state index in [9.17, 15) is 9.59 Å². The fourth-order valence-corrected chi connectivity index (χ4v) is 2.97. The molecule has 1 aliphatic heterocycles. The van der Waals surface area contributed by atoms with E-state index < -0.39 is 12.1 Å². The Morgan fingerprint density at radius 1 is 1.07 bits per heavy atom. The first-order chi connectivity index (χ1) is 13.2. The molecule has 2 aromatic carbocycles. The molecule has 1 heterocycles. The summed E-state index contributed by atoms with van der Waals surface area (Å²) >= 11 is 0. The van der Waals surface area contributed by atoms with Crippen LogP contribution >= 0.6 is 0 Å². The number of nitrogens with one attached hydrogen (secondary N) is 2. The number of nitrogens with two attached hydrogens (primary N) is 1. The molecule has 7 heteroatoms. The number of ether oxygens (including phenoxy) is 2. The minimum absolute atomic E-state index is 0.345. The number of benzene rings is 2. The number of urea groups is 1. The van der Waals surface area contributed by atoms with Crippen LogP contribution in [-0.4, -0.2) is 38.7 Å². The largest absolute Gasteiger partial charge is 0.486 e. The molecule has 0 fully saturated rings. The third kappa shape index (κ3) is 4.98. The summed E-state index contributed by atoms with van der Waals surface area (Å²) in [5.74, 6) is 1.18. The standard InChI is InChI=1S/C20H23N3O4/c1-21-20(25)23-19(24)18(15-5-3-2-4-6-15)22-10-9-14-7-8-16-17(13-14)27-12-11-26-16/h2-8,13,18,22H,9-12H2,1H3,(H2,21,23,24,25)/p+1/t18-/m0/s1. The molecule has 0 aromatic heterocycles. The highest BCUT2D eigenvalue weighted by Gasteiger charge is 2.25. The molecule has 3 rings (SSSR count). The first-order valence-electron chi connectivity index (χ1n) is 8.97. The van der Waals surface area contributed by atoms with Crippen molar-refractivity contribution >= 4 is 11.9 Å². The highest BCUT2D eigenvalue weighted by atomic mass is 16.6. The lowest BCUT2D eigenvalue weighted by Gasteiger charge is -2.19. The lowest BCUT2D eigenvalue weighted by atomic mass is 10.1. The third-order valence-electron chi connectivity index (χ3n) is 4.35. The molecule has 0 bridgehead atoms. The van der Waals surface area contributed by atoms with E-state index in [-0.39, 0.29) is 5.91 Å². The molecule has 0 radical (unpaired) electrons. The van der Waals surface area contributed by atoms with Crippen LogP contribution in [0.2, 0.25) is 0 Å². The van der Waals surface area contributed by atoms with E-state index >= 15 is 0 Å². The molecule has 2 aromatic rings. The van der Waals surface area contributed by atoms with E-state index in [0.29, 0.717) is 19.8 Å². The predicted molar refractivity (Wildman–Crippen MR) is 99.7 cm³/mol. The van der Waals surface area contributed by atoms with Gasteiger partial charge in [-0.3, -0.25) is 10.1 Å². The molecule has 3 amide bonds. The minimum Gasteiger partial charge on any atom is -0.486 e. The van der Waals surface area contributed by atoms with Crippen molar-refractivity contribution in [2.75, 3.05) is 26.8 Å². The number of amides is 3. The normalized spacial score (nSPS) is 13.5. The summed E-state index contributed by atoms with van der Waals surface area (Å²) in [6.07, 6.45) is 0.757. The molecule has 0 unspecified atom stereocenters. The number of hydrogen-bond acceptors (Lipinski definition) is 4. The maximum atomic E-state index is 12.5. The summed E-state index contributed by atoms with van der Waals surface area (Å²) in [6, 6.07) is 14.3. The molecule has 0 saturated carbocycles. The van der Waals surface area contributed by atoms with Gasteiger partial charge in [-0.2, -0.15) is 0 Å². The monoisotopic (exact) mass is 370 g/mol. The van der Waals surface area contributed by atoms with Crippen LogP contribution in [0.15, 0.2) is 48.5 Å². The summed E-state index contributed by atoms with van der Waals surface area (Å²) in [7, 11) is 1.48. The number of carbonyl (C=O) groups is 2. The van der Waals surface area contributed by atoms with Crippen molar-refractivity contribution in [3.8, 4) is 11.5 Å². The Bertz CT molecular complexity index is 795. The first-order valence-corrected chi connectivity index (χ1v) is 8.97. The lowest BCUT2D eigenvalue weighted by Crippen LogP contribution is -2.88. The van der Waals surface area contributed by atoms with Crippen LogP contribution in [0.3, 0.4) is 0 Å². The SMILES string of the molecule is CNC(=O)NC(=O)[C@@H]([NH2+]CCc1ccc2c(c1)OCCO2)c1ccccc1. The van der Waals surface area contributed by atoms with Gasteiger partial charge in [-0.1, -0.05) is 36.4 Å². The fraction of sp³-hybridized carbons (Fsp3) is 0.300. The predicted octanol–water partition coefficient (Wildman–Crippen LogP) is 0.761. The van der Waals surface area contributed by atoms with Gasteiger partial charge in [0.25, 0.3) is 5.91 Å². The topological polar surface area (TPSA) is 93.3 Å². The molecular weight excluding hydrogens is 346 g/mol. The van der Waals surface area contributed by atoms with Crippen LogP contribution in [0.4, 0.5) is 4.79 Å². The number of fused-ring (bicyclic) bond motifs is 1. The maximum Gasteiger partial charge on any atom is 0.321 e. The summed E-state index contributed by atoms with van der Waals surface area (Å²) in [6.45, 7) is 1.80. The van der Waals surface area contributed by atoms with Gasteiger partial charge < -0.3 is 20.1 Å². The minimum atomic E-state index is -0.513. The molecule has 0 spiro atoms. The summed E-state index contributed by atoms with van der Waals surface area (Å²) in [5.41, 5.74) is 1.95. The number of rotatable bonds is 6. The van der Waals surface area contributed by atoms with Crippen molar-refractivity contribution in [2.45, 2.75) is 12.5 Å². The highest BCUT2D eigenvalue weighted by molar-refractivity contribution is 5.96. The molecule has 142 valence electrons. The van der Waals surface area contributed by atoms with Crippen LogP contribution in [0.5, 0.6) is 11.5 Å². The van der Waals surface area contributed by atoms with E-state index in [1.807, 2.05) is 53.8 Å². The molecule has 27 heavy (non-hydrogen) atoms. The summed E-state index contributed by atoms with van der Waals surface area (Å²) in [5, 5.41) is 6.70. The van der Waals surface area contributed by atoms with E-state index in [4.69, 9.17) is 9.47 Å². The number of carbonyl (C=O) groups excluding carboxylic acids is 2. The van der Waals surface area contributed by atoms with Gasteiger partial charge in [0.15, 0.2) is 17.5 Å². The number of quaternary nitrogens is 1. The van der Waals surface area contributed by atoms with Gasteiger partial charge in [0, 0.05) is 19.0 Å². The average molecular weight is 370 g/mol. The lowest BCUT2D eigenvalue weighted by molar-refractivity contribution is -0.682. The second-order valence-corrected chi connectivity index (χ2v) is 6.21. The first kappa shape index (κ1) is 18.7. The quantitative estimate of drug-likeness (QED) is 0.700. The van der Waals surface area contributed by atoms with Crippen LogP contribution < -0.4 is 25.4 Å².